The SMILES string of the molecule is Cc1cc([N+](=O)[O-])c(Cl)cc1NCCCn1ccnn1. The first kappa shape index (κ1) is 14.3. The molecule has 1 heterocycles. The second-order valence-corrected chi connectivity index (χ2v) is 4.73. The van der Waals surface area contributed by atoms with E-state index in [4.69, 9.17) is 11.6 Å². The van der Waals surface area contributed by atoms with Gasteiger partial charge in [0.15, 0.2) is 0 Å². The Kier molecular flexibility index (Phi) is 4.52. The fourth-order valence-electron chi connectivity index (χ4n) is 1.81. The van der Waals surface area contributed by atoms with Crippen LogP contribution in [0.5, 0.6) is 0 Å². The number of rotatable bonds is 6. The van der Waals surface area contributed by atoms with E-state index in [-0.39, 0.29) is 10.7 Å². The molecule has 2 aromatic rings. The topological polar surface area (TPSA) is 85.9 Å². The van der Waals surface area contributed by atoms with Gasteiger partial charge in [0.05, 0.1) is 11.1 Å². The molecule has 8 heteroatoms. The Morgan fingerprint density at radius 1 is 1.50 bits per heavy atom. The number of benzene rings is 1. The zero-order valence-electron chi connectivity index (χ0n) is 10.9. The molecule has 0 aliphatic heterocycles. The molecule has 0 bridgehead atoms. The lowest BCUT2D eigenvalue weighted by Crippen LogP contribution is -2.08. The van der Waals surface area contributed by atoms with Crippen LogP contribution in [0.4, 0.5) is 11.4 Å². The Bertz CT molecular complexity index is 600. The maximum atomic E-state index is 10.8. The molecule has 106 valence electrons. The summed E-state index contributed by atoms with van der Waals surface area (Å²) < 4.78 is 1.75. The number of aryl methyl sites for hydroxylation is 2. The zero-order valence-corrected chi connectivity index (χ0v) is 11.7. The molecule has 1 N–H and O–H groups in total. The molecule has 7 nitrogen and oxygen atoms in total. The Morgan fingerprint density at radius 2 is 2.30 bits per heavy atom. The van der Waals surface area contributed by atoms with Gasteiger partial charge in [0.2, 0.25) is 0 Å². The minimum atomic E-state index is -0.482. The van der Waals surface area contributed by atoms with E-state index in [1.807, 2.05) is 6.92 Å². The fraction of sp³-hybridized carbons (Fsp3) is 0.333. The van der Waals surface area contributed by atoms with Crippen molar-refractivity contribution in [3.8, 4) is 0 Å². The third-order valence-corrected chi connectivity index (χ3v) is 3.14. The number of anilines is 1. The van der Waals surface area contributed by atoms with Crippen LogP contribution >= 0.6 is 11.6 Å². The van der Waals surface area contributed by atoms with Crippen LogP contribution in [0.2, 0.25) is 5.02 Å². The van der Waals surface area contributed by atoms with Crippen molar-refractivity contribution in [2.24, 2.45) is 0 Å². The van der Waals surface area contributed by atoms with E-state index < -0.39 is 4.92 Å². The molecule has 1 aromatic carbocycles. The second-order valence-electron chi connectivity index (χ2n) is 4.32. The molecular formula is C12H14ClN5O2. The molecule has 0 unspecified atom stereocenters. The highest BCUT2D eigenvalue weighted by molar-refractivity contribution is 6.33. The van der Waals surface area contributed by atoms with Gasteiger partial charge in [0, 0.05) is 31.0 Å². The number of hydrogen-bond acceptors (Lipinski definition) is 5. The maximum Gasteiger partial charge on any atom is 0.288 e. The Hall–Kier alpha value is -2.15. The third-order valence-electron chi connectivity index (χ3n) is 2.84. The van der Waals surface area contributed by atoms with Gasteiger partial charge in [-0.3, -0.25) is 14.8 Å². The van der Waals surface area contributed by atoms with Crippen molar-refractivity contribution >= 4 is 23.0 Å². The molecule has 0 saturated heterocycles. The van der Waals surface area contributed by atoms with Crippen LogP contribution in [-0.2, 0) is 6.54 Å². The number of nitro benzene ring substituents is 1. The standard InChI is InChI=1S/C12H14ClN5O2/c1-9-7-12(18(19)20)10(13)8-11(9)14-3-2-5-17-6-4-15-16-17/h4,6-8,14H,2-3,5H2,1H3. The largest absolute Gasteiger partial charge is 0.385 e. The summed E-state index contributed by atoms with van der Waals surface area (Å²) in [6, 6.07) is 3.06. The molecule has 0 fully saturated rings. The lowest BCUT2D eigenvalue weighted by atomic mass is 10.1. The summed E-state index contributed by atoms with van der Waals surface area (Å²) >= 11 is 5.89. The van der Waals surface area contributed by atoms with E-state index >= 15 is 0 Å². The number of aromatic nitrogens is 3. The lowest BCUT2D eigenvalue weighted by Gasteiger charge is -2.10. The predicted octanol–water partition coefficient (Wildman–Crippen LogP) is 2.65. The van der Waals surface area contributed by atoms with Gasteiger partial charge in [-0.1, -0.05) is 16.8 Å². The summed E-state index contributed by atoms with van der Waals surface area (Å²) in [7, 11) is 0. The Labute approximate surface area is 120 Å². The number of nitro groups is 1. The monoisotopic (exact) mass is 295 g/mol. The summed E-state index contributed by atoms with van der Waals surface area (Å²) in [6.45, 7) is 3.28. The molecule has 0 atom stereocenters. The summed E-state index contributed by atoms with van der Waals surface area (Å²) in [5.41, 5.74) is 1.53. The Morgan fingerprint density at radius 3 is 2.95 bits per heavy atom. The summed E-state index contributed by atoms with van der Waals surface area (Å²) in [4.78, 5) is 10.3. The van der Waals surface area contributed by atoms with Gasteiger partial charge in [-0.25, -0.2) is 0 Å². The summed E-state index contributed by atoms with van der Waals surface area (Å²) in [6.07, 6.45) is 4.29. The van der Waals surface area contributed by atoms with Gasteiger partial charge in [-0.05, 0) is 25.0 Å². The van der Waals surface area contributed by atoms with Crippen molar-refractivity contribution in [2.75, 3.05) is 11.9 Å². The molecular weight excluding hydrogens is 282 g/mol. The number of nitrogens with one attached hydrogen (secondary N) is 1. The molecule has 1 aromatic heterocycles. The fourth-order valence-corrected chi connectivity index (χ4v) is 2.05. The Balaban J connectivity index is 1.92. The van der Waals surface area contributed by atoms with E-state index in [1.54, 1.807) is 23.1 Å². The highest BCUT2D eigenvalue weighted by Crippen LogP contribution is 2.30. The van der Waals surface area contributed by atoms with Crippen molar-refractivity contribution in [1.82, 2.24) is 15.0 Å². The van der Waals surface area contributed by atoms with E-state index in [0.717, 1.165) is 30.8 Å². The summed E-state index contributed by atoms with van der Waals surface area (Å²) in [5.74, 6) is 0. The second kappa shape index (κ2) is 6.33. The van der Waals surface area contributed by atoms with Crippen LogP contribution in [0, 0.1) is 17.0 Å². The third kappa shape index (κ3) is 3.45. The van der Waals surface area contributed by atoms with Crippen LogP contribution in [0.1, 0.15) is 12.0 Å². The van der Waals surface area contributed by atoms with E-state index in [2.05, 4.69) is 15.6 Å². The minimum absolute atomic E-state index is 0.0719. The molecule has 20 heavy (non-hydrogen) atoms. The van der Waals surface area contributed by atoms with E-state index in [0.29, 0.717) is 0 Å². The summed E-state index contributed by atoms with van der Waals surface area (Å²) in [5, 5.41) is 21.7. The molecule has 0 aliphatic carbocycles. The molecule has 0 aliphatic rings. The normalized spacial score (nSPS) is 10.5. The van der Waals surface area contributed by atoms with Crippen LogP contribution in [-0.4, -0.2) is 26.5 Å². The highest BCUT2D eigenvalue weighted by Gasteiger charge is 2.14. The van der Waals surface area contributed by atoms with Gasteiger partial charge < -0.3 is 5.32 Å². The van der Waals surface area contributed by atoms with Crippen molar-refractivity contribution < 1.29 is 4.92 Å². The van der Waals surface area contributed by atoms with Gasteiger partial charge in [-0.2, -0.15) is 0 Å². The first-order chi connectivity index (χ1) is 9.58. The van der Waals surface area contributed by atoms with Gasteiger partial charge >= 0.3 is 0 Å². The first-order valence-electron chi connectivity index (χ1n) is 6.10. The first-order valence-corrected chi connectivity index (χ1v) is 6.48. The van der Waals surface area contributed by atoms with Crippen LogP contribution in [0.3, 0.4) is 0 Å². The maximum absolute atomic E-state index is 10.8. The molecule has 0 spiro atoms. The zero-order chi connectivity index (χ0) is 14.5. The lowest BCUT2D eigenvalue weighted by molar-refractivity contribution is -0.384. The van der Waals surface area contributed by atoms with Crippen molar-refractivity contribution in [2.45, 2.75) is 19.9 Å². The quantitative estimate of drug-likeness (QED) is 0.503. The number of halogens is 1. The average Bonchev–Trinajstić information content (AvgIpc) is 2.90. The van der Waals surface area contributed by atoms with Crippen molar-refractivity contribution in [1.29, 1.82) is 0 Å². The van der Waals surface area contributed by atoms with Gasteiger partial charge in [0.1, 0.15) is 5.02 Å². The van der Waals surface area contributed by atoms with Crippen molar-refractivity contribution in [3.05, 3.63) is 45.2 Å². The van der Waals surface area contributed by atoms with Gasteiger partial charge in [0.25, 0.3) is 5.69 Å². The van der Waals surface area contributed by atoms with E-state index in [1.165, 1.54) is 6.07 Å². The minimum Gasteiger partial charge on any atom is -0.385 e. The smallest absolute Gasteiger partial charge is 0.288 e. The van der Waals surface area contributed by atoms with Crippen LogP contribution in [0.15, 0.2) is 24.5 Å². The molecule has 0 radical (unpaired) electrons. The molecule has 0 amide bonds. The predicted molar refractivity (Wildman–Crippen MR) is 76.0 cm³/mol. The highest BCUT2D eigenvalue weighted by atomic mass is 35.5. The number of nitrogens with zero attached hydrogens (tertiary/aromatic N) is 4. The average molecular weight is 296 g/mol. The van der Waals surface area contributed by atoms with E-state index in [9.17, 15) is 10.1 Å². The molecule has 2 rings (SSSR count). The van der Waals surface area contributed by atoms with Crippen LogP contribution < -0.4 is 5.32 Å². The number of hydrogen-bond donors (Lipinski definition) is 1. The van der Waals surface area contributed by atoms with Crippen LogP contribution in [0.25, 0.3) is 0 Å². The van der Waals surface area contributed by atoms with Gasteiger partial charge in [-0.15, -0.1) is 5.10 Å². The van der Waals surface area contributed by atoms with Crippen molar-refractivity contribution in [3.63, 3.8) is 0 Å². The molecule has 0 saturated carbocycles.